The van der Waals surface area contributed by atoms with Gasteiger partial charge in [0.05, 0.1) is 36.1 Å². The summed E-state index contributed by atoms with van der Waals surface area (Å²) >= 11 is 9.68. The molecule has 8 heteroatoms. The van der Waals surface area contributed by atoms with Crippen molar-refractivity contribution in [2.45, 2.75) is 19.5 Å². The largest absolute Gasteiger partial charge is 0.507 e. The lowest BCUT2D eigenvalue weighted by Crippen LogP contribution is -2.29. The molecule has 1 N–H and O–H groups in total. The molecule has 0 aliphatic carbocycles. The summed E-state index contributed by atoms with van der Waals surface area (Å²) in [6.45, 7) is 2.36. The van der Waals surface area contributed by atoms with Gasteiger partial charge >= 0.3 is 0 Å². The molecule has 4 rings (SSSR count). The second kappa shape index (κ2) is 9.22. The Morgan fingerprint density at radius 3 is 2.56 bits per heavy atom. The fourth-order valence-electron chi connectivity index (χ4n) is 3.68. The van der Waals surface area contributed by atoms with Crippen molar-refractivity contribution in [3.63, 3.8) is 0 Å². The van der Waals surface area contributed by atoms with Gasteiger partial charge in [0, 0.05) is 10.0 Å². The number of hydrogen-bond acceptors (Lipinski definition) is 5. The average molecular weight is 517 g/mol. The summed E-state index contributed by atoms with van der Waals surface area (Å²) in [5.74, 6) is -0.797. The summed E-state index contributed by atoms with van der Waals surface area (Å²) in [4.78, 5) is 27.4. The number of hydrogen-bond donors (Lipinski definition) is 1. The van der Waals surface area contributed by atoms with Gasteiger partial charge < -0.3 is 19.2 Å². The zero-order valence-electron chi connectivity index (χ0n) is 17.0. The third-order valence-electron chi connectivity index (χ3n) is 5.14. The Kier molecular flexibility index (Phi) is 6.39. The number of aliphatic hydroxyl groups excluding tert-OH is 1. The minimum absolute atomic E-state index is 0.0101. The number of likely N-dealkylation sites (tertiary alicyclic amines) is 1. The van der Waals surface area contributed by atoms with Crippen LogP contribution in [0.4, 0.5) is 0 Å². The van der Waals surface area contributed by atoms with Gasteiger partial charge in [0.25, 0.3) is 11.7 Å². The molecule has 1 aliphatic rings. The van der Waals surface area contributed by atoms with Crippen LogP contribution in [0.1, 0.15) is 29.9 Å². The van der Waals surface area contributed by atoms with Crippen LogP contribution < -0.4 is 4.74 Å². The van der Waals surface area contributed by atoms with Crippen LogP contribution in [0.5, 0.6) is 5.75 Å². The Morgan fingerprint density at radius 1 is 1.19 bits per heavy atom. The van der Waals surface area contributed by atoms with Crippen molar-refractivity contribution < 1.29 is 23.8 Å². The van der Waals surface area contributed by atoms with E-state index in [1.165, 1.54) is 17.2 Å². The van der Waals surface area contributed by atoms with Gasteiger partial charge in [0.1, 0.15) is 17.3 Å². The molecule has 0 bridgehead atoms. The van der Waals surface area contributed by atoms with Crippen molar-refractivity contribution >= 4 is 45.0 Å². The van der Waals surface area contributed by atoms with E-state index >= 15 is 0 Å². The highest BCUT2D eigenvalue weighted by Gasteiger charge is 2.46. The van der Waals surface area contributed by atoms with E-state index in [0.717, 1.165) is 4.47 Å². The fraction of sp³-hybridized carbons (Fsp3) is 0.167. The van der Waals surface area contributed by atoms with E-state index in [4.69, 9.17) is 20.8 Å². The van der Waals surface area contributed by atoms with Gasteiger partial charge in [-0.05, 0) is 55.0 Å². The number of amides is 1. The number of Topliss-reactive ketones (excluding diaryl/α,β-unsaturated/α-hetero) is 1. The highest BCUT2D eigenvalue weighted by atomic mass is 79.9. The molecule has 32 heavy (non-hydrogen) atoms. The van der Waals surface area contributed by atoms with Gasteiger partial charge in [-0.3, -0.25) is 9.59 Å². The first-order valence-electron chi connectivity index (χ1n) is 9.89. The first-order chi connectivity index (χ1) is 15.4. The molecule has 1 aliphatic heterocycles. The molecule has 2 aromatic carbocycles. The standard InChI is InChI=1S/C24H19BrClNO5/c1-2-31-19-10-7-15(12-18(19)26)22(28)20-21(14-5-8-16(25)9-6-14)27(24(30)23(20)29)13-17-4-3-11-32-17/h3-12,21,28H,2,13H2,1H3/b22-20-. The number of benzene rings is 2. The number of aliphatic hydroxyl groups is 1. The molecule has 0 saturated carbocycles. The Morgan fingerprint density at radius 2 is 1.94 bits per heavy atom. The number of nitrogens with zero attached hydrogens (tertiary/aromatic N) is 1. The molecule has 0 spiro atoms. The van der Waals surface area contributed by atoms with E-state index < -0.39 is 17.7 Å². The van der Waals surface area contributed by atoms with E-state index in [-0.39, 0.29) is 17.9 Å². The van der Waals surface area contributed by atoms with Gasteiger partial charge in [-0.15, -0.1) is 0 Å². The number of rotatable bonds is 6. The minimum Gasteiger partial charge on any atom is -0.507 e. The summed E-state index contributed by atoms with van der Waals surface area (Å²) in [6.07, 6.45) is 1.50. The maximum absolute atomic E-state index is 13.1. The zero-order chi connectivity index (χ0) is 22.8. The van der Waals surface area contributed by atoms with E-state index in [9.17, 15) is 14.7 Å². The van der Waals surface area contributed by atoms with Crippen LogP contribution in [-0.2, 0) is 16.1 Å². The molecule has 2 heterocycles. The van der Waals surface area contributed by atoms with E-state index in [1.807, 2.05) is 19.1 Å². The third-order valence-corrected chi connectivity index (χ3v) is 5.96. The number of ether oxygens (including phenoxy) is 1. The van der Waals surface area contributed by atoms with Crippen molar-refractivity contribution in [2.75, 3.05) is 6.61 Å². The summed E-state index contributed by atoms with van der Waals surface area (Å²) in [5.41, 5.74) is 0.984. The van der Waals surface area contributed by atoms with E-state index in [2.05, 4.69) is 15.9 Å². The molecule has 164 valence electrons. The normalized spacial score (nSPS) is 17.7. The SMILES string of the molecule is CCOc1ccc(/C(O)=C2/C(=O)C(=O)N(Cc3ccco3)C2c2ccc(Br)cc2)cc1Cl. The van der Waals surface area contributed by atoms with Crippen molar-refractivity contribution in [1.29, 1.82) is 0 Å². The third kappa shape index (κ3) is 4.18. The molecule has 1 atom stereocenters. The van der Waals surface area contributed by atoms with Gasteiger partial charge in [-0.2, -0.15) is 0 Å². The van der Waals surface area contributed by atoms with Crippen LogP contribution in [0.15, 0.2) is 75.3 Å². The monoisotopic (exact) mass is 515 g/mol. The van der Waals surface area contributed by atoms with Gasteiger partial charge in [-0.25, -0.2) is 0 Å². The van der Waals surface area contributed by atoms with Crippen LogP contribution in [0, 0.1) is 0 Å². The molecule has 1 unspecified atom stereocenters. The van der Waals surface area contributed by atoms with Crippen molar-refractivity contribution in [1.82, 2.24) is 4.90 Å². The van der Waals surface area contributed by atoms with Crippen LogP contribution in [0.25, 0.3) is 5.76 Å². The highest BCUT2D eigenvalue weighted by Crippen LogP contribution is 2.41. The lowest BCUT2D eigenvalue weighted by molar-refractivity contribution is -0.140. The molecule has 6 nitrogen and oxygen atoms in total. The fourth-order valence-corrected chi connectivity index (χ4v) is 4.18. The Labute approximate surface area is 198 Å². The lowest BCUT2D eigenvalue weighted by Gasteiger charge is -2.24. The van der Waals surface area contributed by atoms with Crippen LogP contribution >= 0.6 is 27.5 Å². The maximum Gasteiger partial charge on any atom is 0.296 e. The van der Waals surface area contributed by atoms with E-state index in [1.54, 1.807) is 36.4 Å². The zero-order valence-corrected chi connectivity index (χ0v) is 19.4. The number of halogens is 2. The number of carbonyl (C=O) groups excluding carboxylic acids is 2. The highest BCUT2D eigenvalue weighted by molar-refractivity contribution is 9.10. The minimum atomic E-state index is -0.793. The second-order valence-corrected chi connectivity index (χ2v) is 8.46. The topological polar surface area (TPSA) is 80.0 Å². The molecule has 3 aromatic rings. The maximum atomic E-state index is 13.1. The van der Waals surface area contributed by atoms with Gasteiger partial charge in [-0.1, -0.05) is 39.7 Å². The lowest BCUT2D eigenvalue weighted by atomic mass is 9.95. The van der Waals surface area contributed by atoms with Crippen molar-refractivity contribution in [2.24, 2.45) is 0 Å². The summed E-state index contributed by atoms with van der Waals surface area (Å²) in [6, 6.07) is 14.6. The number of furan rings is 1. The number of carbonyl (C=O) groups is 2. The molecule has 1 amide bonds. The molecule has 1 saturated heterocycles. The van der Waals surface area contributed by atoms with Crippen LogP contribution in [-0.4, -0.2) is 28.3 Å². The second-order valence-electron chi connectivity index (χ2n) is 7.14. The van der Waals surface area contributed by atoms with Gasteiger partial charge in [0.15, 0.2) is 0 Å². The smallest absolute Gasteiger partial charge is 0.296 e. The van der Waals surface area contributed by atoms with Crippen molar-refractivity contribution in [3.05, 3.63) is 92.8 Å². The van der Waals surface area contributed by atoms with Crippen LogP contribution in [0.2, 0.25) is 5.02 Å². The molecule has 0 radical (unpaired) electrons. The van der Waals surface area contributed by atoms with Gasteiger partial charge in [0.2, 0.25) is 0 Å². The van der Waals surface area contributed by atoms with E-state index in [0.29, 0.717) is 34.3 Å². The summed E-state index contributed by atoms with van der Waals surface area (Å²) < 4.78 is 11.7. The number of ketones is 1. The van der Waals surface area contributed by atoms with Crippen molar-refractivity contribution in [3.8, 4) is 5.75 Å². The molecule has 1 aromatic heterocycles. The predicted molar refractivity (Wildman–Crippen MR) is 123 cm³/mol. The summed E-state index contributed by atoms with van der Waals surface area (Å²) in [7, 11) is 0. The van der Waals surface area contributed by atoms with Crippen LogP contribution in [0.3, 0.4) is 0 Å². The summed E-state index contributed by atoms with van der Waals surface area (Å²) in [5, 5.41) is 11.4. The molecular weight excluding hydrogens is 498 g/mol. The predicted octanol–water partition coefficient (Wildman–Crippen LogP) is 5.72. The first-order valence-corrected chi connectivity index (χ1v) is 11.1. The Bertz CT molecular complexity index is 1190. The Hall–Kier alpha value is -3.03. The quantitative estimate of drug-likeness (QED) is 0.258. The molecule has 1 fully saturated rings. The first kappa shape index (κ1) is 22.2. The average Bonchev–Trinajstić information content (AvgIpc) is 3.38. The Balaban J connectivity index is 1.84. The molecular formula is C24H19BrClNO5.